The molecule has 3 N–H and O–H groups in total. The molecular weight excluding hydrogens is 242 g/mol. The van der Waals surface area contributed by atoms with Gasteiger partial charge < -0.3 is 10.2 Å². The fourth-order valence-corrected chi connectivity index (χ4v) is 1.84. The van der Waals surface area contributed by atoms with Crippen LogP contribution in [-0.4, -0.2) is 28.5 Å². The van der Waals surface area contributed by atoms with Gasteiger partial charge in [0.2, 0.25) is 0 Å². The Kier molecular flexibility index (Phi) is 8.83. The average Bonchev–Trinajstić information content (AvgIpc) is 2.34. The second kappa shape index (κ2) is 9.53. The fraction of sp³-hybridized carbons (Fsp3) is 0.533. The summed E-state index contributed by atoms with van der Waals surface area (Å²) in [6, 6.07) is -0.135. The number of carbonyl (C=O) groups is 1. The number of rotatable bonds is 10. The van der Waals surface area contributed by atoms with Crippen LogP contribution in [0.2, 0.25) is 0 Å². The molecule has 0 amide bonds. The molecule has 3 atom stereocenters. The van der Waals surface area contributed by atoms with Gasteiger partial charge in [-0.3, -0.25) is 10.1 Å². The average molecular weight is 267 g/mol. The van der Waals surface area contributed by atoms with E-state index in [4.69, 9.17) is 5.11 Å². The number of allylic oxidation sites excluding steroid dienone is 2. The lowest BCUT2D eigenvalue weighted by atomic mass is 9.94. The quantitative estimate of drug-likeness (QED) is 0.420. The number of carboxylic acids is 1. The van der Waals surface area contributed by atoms with E-state index < -0.39 is 12.2 Å². The standard InChI is InChI=1S/C15H25NO3/c1-5-7-8-11(3)14(16-12(4)17)10-9-13(6-2)15(18)19/h5,7-8,12-14,16-17H,1,3,6,9-10H2,2,4H3,(H,18,19)/b8-7-/t12?,13-,14+/m1/s1. The smallest absolute Gasteiger partial charge is 0.306 e. The molecule has 0 fully saturated rings. The second-order valence-electron chi connectivity index (χ2n) is 4.59. The van der Waals surface area contributed by atoms with Crippen molar-refractivity contribution in [3.63, 3.8) is 0 Å². The van der Waals surface area contributed by atoms with Gasteiger partial charge in [0.05, 0.1) is 5.92 Å². The minimum absolute atomic E-state index is 0.135. The third kappa shape index (κ3) is 7.59. The van der Waals surface area contributed by atoms with E-state index in [1.807, 2.05) is 13.0 Å². The van der Waals surface area contributed by atoms with Crippen LogP contribution in [0.5, 0.6) is 0 Å². The maximum atomic E-state index is 11.0. The highest BCUT2D eigenvalue weighted by Crippen LogP contribution is 2.17. The molecule has 0 heterocycles. The molecule has 0 aliphatic rings. The van der Waals surface area contributed by atoms with Crippen molar-refractivity contribution >= 4 is 5.97 Å². The van der Waals surface area contributed by atoms with E-state index in [0.29, 0.717) is 19.3 Å². The van der Waals surface area contributed by atoms with Gasteiger partial charge in [-0.15, -0.1) is 0 Å². The molecule has 0 aromatic carbocycles. The Bertz CT molecular complexity index is 334. The van der Waals surface area contributed by atoms with Crippen LogP contribution in [0.1, 0.15) is 33.1 Å². The predicted molar refractivity (Wildman–Crippen MR) is 77.7 cm³/mol. The van der Waals surface area contributed by atoms with E-state index in [2.05, 4.69) is 18.5 Å². The van der Waals surface area contributed by atoms with Gasteiger partial charge in [0.15, 0.2) is 0 Å². The molecule has 0 spiro atoms. The van der Waals surface area contributed by atoms with Gasteiger partial charge in [0, 0.05) is 6.04 Å². The highest BCUT2D eigenvalue weighted by Gasteiger charge is 2.19. The van der Waals surface area contributed by atoms with Crippen LogP contribution in [0, 0.1) is 5.92 Å². The first-order chi connectivity index (χ1) is 8.92. The van der Waals surface area contributed by atoms with Gasteiger partial charge in [-0.1, -0.05) is 38.3 Å². The summed E-state index contributed by atoms with van der Waals surface area (Å²) in [7, 11) is 0. The van der Waals surface area contributed by atoms with Crippen molar-refractivity contribution in [3.8, 4) is 0 Å². The number of aliphatic carboxylic acids is 1. The van der Waals surface area contributed by atoms with Gasteiger partial charge in [0.25, 0.3) is 0 Å². The first kappa shape index (κ1) is 17.6. The van der Waals surface area contributed by atoms with Gasteiger partial charge in [-0.25, -0.2) is 0 Å². The maximum absolute atomic E-state index is 11.0. The first-order valence-corrected chi connectivity index (χ1v) is 6.57. The molecule has 0 aliphatic carbocycles. The van der Waals surface area contributed by atoms with Crippen LogP contribution in [-0.2, 0) is 4.79 Å². The monoisotopic (exact) mass is 267 g/mol. The zero-order chi connectivity index (χ0) is 14.8. The van der Waals surface area contributed by atoms with Crippen molar-refractivity contribution in [1.82, 2.24) is 5.32 Å². The molecule has 0 bridgehead atoms. The molecular formula is C15H25NO3. The van der Waals surface area contributed by atoms with Crippen LogP contribution in [0.3, 0.4) is 0 Å². The number of carboxylic acid groups (broad SMARTS) is 1. The van der Waals surface area contributed by atoms with E-state index in [0.717, 1.165) is 5.57 Å². The van der Waals surface area contributed by atoms with Crippen LogP contribution in [0.25, 0.3) is 0 Å². The molecule has 0 aliphatic heterocycles. The number of aliphatic hydroxyl groups excluding tert-OH is 1. The minimum Gasteiger partial charge on any atom is -0.481 e. The SMILES string of the molecule is C=C/C=C\C(=C)[C@H](CC[C@@H](CC)C(=O)O)NC(C)O. The molecule has 108 valence electrons. The Labute approximate surface area is 115 Å². The van der Waals surface area contributed by atoms with Crippen LogP contribution in [0.4, 0.5) is 0 Å². The van der Waals surface area contributed by atoms with Crippen LogP contribution in [0.15, 0.2) is 37.0 Å². The number of aliphatic hydroxyl groups is 1. The summed E-state index contributed by atoms with van der Waals surface area (Å²) in [6.45, 7) is 11.0. The fourth-order valence-electron chi connectivity index (χ4n) is 1.84. The van der Waals surface area contributed by atoms with Gasteiger partial charge >= 0.3 is 5.97 Å². The lowest BCUT2D eigenvalue weighted by Gasteiger charge is -2.22. The van der Waals surface area contributed by atoms with E-state index in [1.54, 1.807) is 19.1 Å². The van der Waals surface area contributed by atoms with E-state index >= 15 is 0 Å². The summed E-state index contributed by atoms with van der Waals surface area (Å²) in [5.74, 6) is -1.12. The molecule has 19 heavy (non-hydrogen) atoms. The summed E-state index contributed by atoms with van der Waals surface area (Å²) in [6.07, 6.45) is 6.35. The van der Waals surface area contributed by atoms with E-state index in [9.17, 15) is 9.90 Å². The molecule has 4 heteroatoms. The van der Waals surface area contributed by atoms with Gasteiger partial charge in [-0.2, -0.15) is 0 Å². The van der Waals surface area contributed by atoms with Crippen molar-refractivity contribution in [1.29, 1.82) is 0 Å². The Hall–Kier alpha value is -1.39. The molecule has 4 nitrogen and oxygen atoms in total. The predicted octanol–water partition coefficient (Wildman–Crippen LogP) is 2.47. The normalized spacial score (nSPS) is 15.9. The molecule has 0 saturated heterocycles. The molecule has 0 rings (SSSR count). The van der Waals surface area contributed by atoms with Crippen molar-refractivity contribution in [3.05, 3.63) is 37.0 Å². The Morgan fingerprint density at radius 3 is 2.47 bits per heavy atom. The van der Waals surface area contributed by atoms with Crippen molar-refractivity contribution < 1.29 is 15.0 Å². The molecule has 0 saturated carbocycles. The summed E-state index contributed by atoms with van der Waals surface area (Å²) >= 11 is 0. The van der Waals surface area contributed by atoms with Crippen LogP contribution < -0.4 is 5.32 Å². The number of hydrogen-bond acceptors (Lipinski definition) is 3. The zero-order valence-corrected chi connectivity index (χ0v) is 11.8. The lowest BCUT2D eigenvalue weighted by molar-refractivity contribution is -0.142. The zero-order valence-electron chi connectivity index (χ0n) is 11.8. The van der Waals surface area contributed by atoms with E-state index in [1.165, 1.54) is 0 Å². The second-order valence-corrected chi connectivity index (χ2v) is 4.59. The van der Waals surface area contributed by atoms with Crippen LogP contribution >= 0.6 is 0 Å². The van der Waals surface area contributed by atoms with Gasteiger partial charge in [0.1, 0.15) is 6.23 Å². The Balaban J connectivity index is 4.58. The minimum atomic E-state index is -0.773. The summed E-state index contributed by atoms with van der Waals surface area (Å²) in [5.41, 5.74) is 0.807. The molecule has 0 aromatic heterocycles. The topological polar surface area (TPSA) is 69.6 Å². The van der Waals surface area contributed by atoms with Crippen molar-refractivity contribution in [2.75, 3.05) is 0 Å². The Morgan fingerprint density at radius 1 is 1.42 bits per heavy atom. The summed E-state index contributed by atoms with van der Waals surface area (Å²) < 4.78 is 0. The lowest BCUT2D eigenvalue weighted by Crippen LogP contribution is -2.37. The van der Waals surface area contributed by atoms with E-state index in [-0.39, 0.29) is 12.0 Å². The van der Waals surface area contributed by atoms with Crippen molar-refractivity contribution in [2.24, 2.45) is 5.92 Å². The third-order valence-corrected chi connectivity index (χ3v) is 2.98. The molecule has 0 aromatic rings. The number of hydrogen-bond donors (Lipinski definition) is 3. The molecule has 1 unspecified atom stereocenters. The largest absolute Gasteiger partial charge is 0.481 e. The first-order valence-electron chi connectivity index (χ1n) is 6.57. The highest BCUT2D eigenvalue weighted by atomic mass is 16.4. The van der Waals surface area contributed by atoms with Gasteiger partial charge in [-0.05, 0) is 31.8 Å². The highest BCUT2D eigenvalue weighted by molar-refractivity contribution is 5.69. The Morgan fingerprint density at radius 2 is 2.05 bits per heavy atom. The third-order valence-electron chi connectivity index (χ3n) is 2.98. The maximum Gasteiger partial charge on any atom is 0.306 e. The summed E-state index contributed by atoms with van der Waals surface area (Å²) in [4.78, 5) is 11.0. The number of nitrogens with one attached hydrogen (secondary N) is 1. The molecule has 0 radical (unpaired) electrons. The van der Waals surface area contributed by atoms with Crippen molar-refractivity contribution in [2.45, 2.75) is 45.4 Å². The summed E-state index contributed by atoms with van der Waals surface area (Å²) in [5, 5.41) is 21.4.